The minimum absolute atomic E-state index is 0.216. The fourth-order valence-electron chi connectivity index (χ4n) is 3.57. The Morgan fingerprint density at radius 3 is 2.24 bits per heavy atom. The minimum Gasteiger partial charge on any atom is -0.494 e. The lowest BCUT2D eigenvalue weighted by Gasteiger charge is -2.15. The molecule has 0 radical (unpaired) electrons. The van der Waals surface area contributed by atoms with Crippen molar-refractivity contribution in [3.05, 3.63) is 53.7 Å². The molecule has 0 saturated carbocycles. The van der Waals surface area contributed by atoms with Crippen molar-refractivity contribution >= 4 is 23.1 Å². The van der Waals surface area contributed by atoms with E-state index in [4.69, 9.17) is 18.9 Å². The van der Waals surface area contributed by atoms with E-state index in [2.05, 4.69) is 5.32 Å². The lowest BCUT2D eigenvalue weighted by Crippen LogP contribution is -2.34. The zero-order valence-electron chi connectivity index (χ0n) is 19.5. The molecule has 2 amide bonds. The number of hydrogen-bond acceptors (Lipinski definition) is 7. The second kappa shape index (κ2) is 11.4. The summed E-state index contributed by atoms with van der Waals surface area (Å²) in [6.45, 7) is 5.69. The second-order valence-electron chi connectivity index (χ2n) is 7.21. The van der Waals surface area contributed by atoms with Crippen molar-refractivity contribution < 1.29 is 28.5 Å². The number of hydrogen-bond donors (Lipinski definition) is 1. The highest BCUT2D eigenvalue weighted by atomic mass is 16.5. The molecule has 1 heterocycles. The van der Waals surface area contributed by atoms with Gasteiger partial charge in [-0.1, -0.05) is 12.1 Å². The van der Waals surface area contributed by atoms with Gasteiger partial charge in [0.15, 0.2) is 11.5 Å². The van der Waals surface area contributed by atoms with Crippen molar-refractivity contribution in [2.24, 2.45) is 0 Å². The molecule has 0 saturated heterocycles. The van der Waals surface area contributed by atoms with Crippen LogP contribution in [-0.4, -0.2) is 57.3 Å². The van der Waals surface area contributed by atoms with Crippen LogP contribution in [0.25, 0.3) is 5.57 Å². The molecule has 0 aliphatic carbocycles. The van der Waals surface area contributed by atoms with E-state index in [0.717, 1.165) is 0 Å². The number of carbonyl (C=O) groups excluding carboxylic acids is 2. The highest BCUT2D eigenvalue weighted by molar-refractivity contribution is 6.36. The summed E-state index contributed by atoms with van der Waals surface area (Å²) >= 11 is 0. The fraction of sp³-hybridized carbons (Fsp3) is 0.360. The molecular weight excluding hydrogens is 424 g/mol. The van der Waals surface area contributed by atoms with Crippen LogP contribution < -0.4 is 19.5 Å². The summed E-state index contributed by atoms with van der Waals surface area (Å²) in [6, 6.07) is 12.4. The molecule has 0 fully saturated rings. The van der Waals surface area contributed by atoms with Gasteiger partial charge in [0.1, 0.15) is 11.4 Å². The van der Waals surface area contributed by atoms with Crippen molar-refractivity contribution in [1.29, 1.82) is 0 Å². The molecule has 1 aliphatic heterocycles. The van der Waals surface area contributed by atoms with Crippen LogP contribution in [0.3, 0.4) is 0 Å². The van der Waals surface area contributed by atoms with Crippen LogP contribution in [0.4, 0.5) is 5.69 Å². The standard InChI is InChI=1S/C25H30N2O6/c1-5-32-15-7-14-27-24(28)22(17-8-11-19(12-9-17)33-6-2)23(25(27)29)26-18-10-13-20(30-3)21(16-18)31-4/h8-13,16,26H,5-7,14-15H2,1-4H3. The maximum atomic E-state index is 13.3. The average molecular weight is 455 g/mol. The summed E-state index contributed by atoms with van der Waals surface area (Å²) < 4.78 is 21.5. The normalized spacial score (nSPS) is 13.5. The number of ether oxygens (including phenoxy) is 4. The summed E-state index contributed by atoms with van der Waals surface area (Å²) in [5, 5.41) is 3.14. The van der Waals surface area contributed by atoms with Crippen LogP contribution in [0.1, 0.15) is 25.8 Å². The molecule has 1 aliphatic rings. The van der Waals surface area contributed by atoms with Gasteiger partial charge in [0.05, 0.1) is 26.4 Å². The zero-order chi connectivity index (χ0) is 23.8. The second-order valence-corrected chi connectivity index (χ2v) is 7.21. The first-order valence-electron chi connectivity index (χ1n) is 10.9. The first kappa shape index (κ1) is 24.1. The van der Waals surface area contributed by atoms with E-state index < -0.39 is 0 Å². The number of methoxy groups -OCH3 is 2. The number of rotatable bonds is 12. The Hall–Kier alpha value is -3.52. The van der Waals surface area contributed by atoms with Gasteiger partial charge >= 0.3 is 0 Å². The highest BCUT2D eigenvalue weighted by Crippen LogP contribution is 2.34. The molecule has 0 aromatic heterocycles. The van der Waals surface area contributed by atoms with Crippen LogP contribution in [-0.2, 0) is 14.3 Å². The maximum absolute atomic E-state index is 13.3. The fourth-order valence-corrected chi connectivity index (χ4v) is 3.57. The number of amides is 2. The third-order valence-corrected chi connectivity index (χ3v) is 5.15. The van der Waals surface area contributed by atoms with Gasteiger partial charge in [-0.25, -0.2) is 0 Å². The van der Waals surface area contributed by atoms with E-state index in [9.17, 15) is 9.59 Å². The van der Waals surface area contributed by atoms with Gasteiger partial charge in [0.2, 0.25) is 0 Å². The first-order valence-corrected chi connectivity index (χ1v) is 10.9. The van der Waals surface area contributed by atoms with Gasteiger partial charge in [0, 0.05) is 31.5 Å². The number of carbonyl (C=O) groups is 2. The third kappa shape index (κ3) is 5.46. The van der Waals surface area contributed by atoms with Crippen molar-refractivity contribution in [2.45, 2.75) is 20.3 Å². The maximum Gasteiger partial charge on any atom is 0.278 e. The quantitative estimate of drug-likeness (QED) is 0.386. The Morgan fingerprint density at radius 1 is 0.879 bits per heavy atom. The Morgan fingerprint density at radius 2 is 1.61 bits per heavy atom. The van der Waals surface area contributed by atoms with Crippen molar-refractivity contribution in [3.8, 4) is 17.2 Å². The molecule has 2 aromatic carbocycles. The van der Waals surface area contributed by atoms with E-state index in [1.165, 1.54) is 12.0 Å². The topological polar surface area (TPSA) is 86.3 Å². The number of anilines is 1. The number of imide groups is 1. The summed E-state index contributed by atoms with van der Waals surface area (Å²) in [5.74, 6) is 1.05. The van der Waals surface area contributed by atoms with Crippen LogP contribution >= 0.6 is 0 Å². The zero-order valence-corrected chi connectivity index (χ0v) is 19.5. The monoisotopic (exact) mass is 454 g/mol. The van der Waals surface area contributed by atoms with Gasteiger partial charge in [0.25, 0.3) is 11.8 Å². The predicted octanol–water partition coefficient (Wildman–Crippen LogP) is 3.72. The molecule has 2 aromatic rings. The summed E-state index contributed by atoms with van der Waals surface area (Å²) in [7, 11) is 3.09. The van der Waals surface area contributed by atoms with Gasteiger partial charge in [-0.2, -0.15) is 0 Å². The molecule has 0 bridgehead atoms. The van der Waals surface area contributed by atoms with E-state index in [1.807, 2.05) is 13.8 Å². The Balaban J connectivity index is 1.96. The number of benzene rings is 2. The molecule has 176 valence electrons. The molecule has 33 heavy (non-hydrogen) atoms. The molecule has 3 rings (SSSR count). The SMILES string of the molecule is CCOCCCN1C(=O)C(Nc2ccc(OC)c(OC)c2)=C(c2ccc(OCC)cc2)C1=O. The average Bonchev–Trinajstić information content (AvgIpc) is 3.06. The van der Waals surface area contributed by atoms with Crippen LogP contribution in [0, 0.1) is 0 Å². The number of nitrogens with zero attached hydrogens (tertiary/aromatic N) is 1. The Kier molecular flexibility index (Phi) is 8.32. The molecule has 0 spiro atoms. The molecular formula is C25H30N2O6. The lowest BCUT2D eigenvalue weighted by molar-refractivity contribution is -0.137. The van der Waals surface area contributed by atoms with Crippen LogP contribution in [0.15, 0.2) is 48.2 Å². The largest absolute Gasteiger partial charge is 0.494 e. The lowest BCUT2D eigenvalue weighted by atomic mass is 10.0. The van der Waals surface area contributed by atoms with Crippen molar-refractivity contribution in [1.82, 2.24) is 4.90 Å². The van der Waals surface area contributed by atoms with Gasteiger partial charge < -0.3 is 24.3 Å². The Labute approximate surface area is 194 Å². The highest BCUT2D eigenvalue weighted by Gasteiger charge is 2.39. The molecule has 0 atom stereocenters. The van der Waals surface area contributed by atoms with E-state index in [-0.39, 0.29) is 24.1 Å². The predicted molar refractivity (Wildman–Crippen MR) is 126 cm³/mol. The van der Waals surface area contributed by atoms with E-state index >= 15 is 0 Å². The Bertz CT molecular complexity index is 1020. The van der Waals surface area contributed by atoms with Gasteiger partial charge in [-0.15, -0.1) is 0 Å². The molecule has 8 heteroatoms. The molecule has 8 nitrogen and oxygen atoms in total. The molecule has 0 unspecified atom stereocenters. The van der Waals surface area contributed by atoms with Crippen LogP contribution in [0.5, 0.6) is 17.2 Å². The smallest absolute Gasteiger partial charge is 0.278 e. The van der Waals surface area contributed by atoms with E-state index in [0.29, 0.717) is 60.3 Å². The minimum atomic E-state index is -0.379. The first-order chi connectivity index (χ1) is 16.0. The number of nitrogens with one attached hydrogen (secondary N) is 1. The third-order valence-electron chi connectivity index (χ3n) is 5.15. The van der Waals surface area contributed by atoms with Crippen molar-refractivity contribution in [2.75, 3.05) is 45.9 Å². The summed E-state index contributed by atoms with van der Waals surface area (Å²) in [6.07, 6.45) is 0.561. The van der Waals surface area contributed by atoms with E-state index in [1.54, 1.807) is 49.6 Å². The van der Waals surface area contributed by atoms with Crippen molar-refractivity contribution in [3.63, 3.8) is 0 Å². The summed E-state index contributed by atoms with van der Waals surface area (Å²) in [5.41, 5.74) is 1.76. The summed E-state index contributed by atoms with van der Waals surface area (Å²) in [4.78, 5) is 27.8. The molecule has 1 N–H and O–H groups in total. The van der Waals surface area contributed by atoms with Crippen LogP contribution in [0.2, 0.25) is 0 Å². The van der Waals surface area contributed by atoms with Gasteiger partial charge in [-0.05, 0) is 50.1 Å². The van der Waals surface area contributed by atoms with Gasteiger partial charge in [-0.3, -0.25) is 14.5 Å².